The van der Waals surface area contributed by atoms with Crippen LogP contribution in [0.15, 0.2) is 10.5 Å². The van der Waals surface area contributed by atoms with Crippen LogP contribution in [-0.4, -0.2) is 16.8 Å². The number of carboxylic acid groups (broad SMARTS) is 1. The van der Waals surface area contributed by atoms with Crippen LogP contribution in [0.1, 0.15) is 28.8 Å². The number of furan rings is 1. The van der Waals surface area contributed by atoms with Gasteiger partial charge in [-0.2, -0.15) is 11.8 Å². The Bertz CT molecular complexity index is 304. The first kappa shape index (κ1) is 10.2. The number of aryl methyl sites for hydroxylation is 1. The zero-order chi connectivity index (χ0) is 9.84. The van der Waals surface area contributed by atoms with Crippen molar-refractivity contribution in [2.45, 2.75) is 19.6 Å². The molecule has 0 saturated heterocycles. The van der Waals surface area contributed by atoms with E-state index in [1.807, 2.05) is 0 Å². The van der Waals surface area contributed by atoms with E-state index in [0.29, 0.717) is 5.76 Å². The van der Waals surface area contributed by atoms with Crippen LogP contribution in [0, 0.1) is 6.92 Å². The third kappa shape index (κ3) is 2.52. The Hall–Kier alpha value is -0.900. The van der Waals surface area contributed by atoms with E-state index in [-0.39, 0.29) is 5.56 Å². The molecule has 1 aromatic rings. The van der Waals surface area contributed by atoms with Crippen molar-refractivity contribution in [1.29, 1.82) is 0 Å². The quantitative estimate of drug-likeness (QED) is 0.811. The predicted molar refractivity (Wildman–Crippen MR) is 52.2 cm³/mol. The van der Waals surface area contributed by atoms with Gasteiger partial charge in [0.2, 0.25) is 0 Å². The number of rotatable bonds is 4. The molecule has 72 valence electrons. The van der Waals surface area contributed by atoms with Gasteiger partial charge in [-0.15, -0.1) is 0 Å². The number of hydrogen-bond acceptors (Lipinski definition) is 3. The zero-order valence-corrected chi connectivity index (χ0v) is 8.48. The van der Waals surface area contributed by atoms with Crippen LogP contribution < -0.4 is 0 Å². The molecule has 1 N–H and O–H groups in total. The Morgan fingerprint density at radius 1 is 1.69 bits per heavy atom. The van der Waals surface area contributed by atoms with Crippen molar-refractivity contribution in [3.63, 3.8) is 0 Å². The Labute approximate surface area is 81.1 Å². The van der Waals surface area contributed by atoms with Crippen molar-refractivity contribution in [2.75, 3.05) is 5.75 Å². The van der Waals surface area contributed by atoms with Crippen molar-refractivity contribution in [3.8, 4) is 0 Å². The maximum Gasteiger partial charge on any atom is 0.339 e. The van der Waals surface area contributed by atoms with Crippen molar-refractivity contribution in [1.82, 2.24) is 0 Å². The fourth-order valence-corrected chi connectivity index (χ4v) is 1.58. The van der Waals surface area contributed by atoms with Gasteiger partial charge in [-0.05, 0) is 18.7 Å². The summed E-state index contributed by atoms with van der Waals surface area (Å²) in [4.78, 5) is 10.6. The summed E-state index contributed by atoms with van der Waals surface area (Å²) in [6.45, 7) is 3.72. The largest absolute Gasteiger partial charge is 0.478 e. The molecule has 0 unspecified atom stereocenters. The van der Waals surface area contributed by atoms with E-state index < -0.39 is 5.97 Å². The van der Waals surface area contributed by atoms with Gasteiger partial charge in [0.1, 0.15) is 17.1 Å². The Morgan fingerprint density at radius 2 is 2.38 bits per heavy atom. The molecule has 0 amide bonds. The molecule has 0 radical (unpaired) electrons. The first-order chi connectivity index (χ1) is 6.15. The topological polar surface area (TPSA) is 50.4 Å². The molecule has 0 saturated carbocycles. The average Bonchev–Trinajstić information content (AvgIpc) is 2.43. The second kappa shape index (κ2) is 4.37. The SMILES string of the molecule is CCSCc1cc(C(=O)O)c(C)o1. The molecule has 0 aliphatic rings. The molecule has 0 aromatic carbocycles. The standard InChI is InChI=1S/C9H12O3S/c1-3-13-5-7-4-8(9(10)11)6(2)12-7/h4H,3,5H2,1-2H3,(H,10,11). The molecule has 0 aliphatic carbocycles. The molecule has 0 aliphatic heterocycles. The lowest BCUT2D eigenvalue weighted by molar-refractivity contribution is 0.0695. The molecule has 3 nitrogen and oxygen atoms in total. The molecular formula is C9H12O3S. The van der Waals surface area contributed by atoms with Crippen molar-refractivity contribution in [2.24, 2.45) is 0 Å². The van der Waals surface area contributed by atoms with Crippen molar-refractivity contribution < 1.29 is 14.3 Å². The van der Waals surface area contributed by atoms with Crippen LogP contribution in [0.25, 0.3) is 0 Å². The van der Waals surface area contributed by atoms with Crippen LogP contribution in [0.5, 0.6) is 0 Å². The molecule has 0 fully saturated rings. The summed E-state index contributed by atoms with van der Waals surface area (Å²) in [5, 5.41) is 8.74. The van der Waals surface area contributed by atoms with E-state index in [4.69, 9.17) is 9.52 Å². The lowest BCUT2D eigenvalue weighted by Gasteiger charge is -1.91. The first-order valence-corrected chi connectivity index (χ1v) is 5.21. The summed E-state index contributed by atoms with van der Waals surface area (Å²) in [5.41, 5.74) is 0.270. The van der Waals surface area contributed by atoms with Crippen molar-refractivity contribution >= 4 is 17.7 Å². The molecule has 1 heterocycles. The Balaban J connectivity index is 2.76. The number of aromatic carboxylic acids is 1. The second-order valence-electron chi connectivity index (χ2n) is 2.62. The normalized spacial score (nSPS) is 10.3. The van der Waals surface area contributed by atoms with E-state index in [9.17, 15) is 4.79 Å². The Kier molecular flexibility index (Phi) is 3.42. The second-order valence-corrected chi connectivity index (χ2v) is 3.90. The van der Waals surface area contributed by atoms with Gasteiger partial charge >= 0.3 is 5.97 Å². The summed E-state index contributed by atoms with van der Waals surface area (Å²) >= 11 is 1.71. The van der Waals surface area contributed by atoms with Crippen LogP contribution in [-0.2, 0) is 5.75 Å². The number of hydrogen-bond donors (Lipinski definition) is 1. The van der Waals surface area contributed by atoms with Crippen molar-refractivity contribution in [3.05, 3.63) is 23.2 Å². The number of thioether (sulfide) groups is 1. The highest BCUT2D eigenvalue weighted by atomic mass is 32.2. The van der Waals surface area contributed by atoms with E-state index in [2.05, 4.69) is 6.92 Å². The monoisotopic (exact) mass is 200 g/mol. The van der Waals surface area contributed by atoms with Crippen LogP contribution in [0.4, 0.5) is 0 Å². The highest BCUT2D eigenvalue weighted by Gasteiger charge is 2.12. The molecule has 0 spiro atoms. The van der Waals surface area contributed by atoms with E-state index in [1.54, 1.807) is 24.8 Å². The molecule has 13 heavy (non-hydrogen) atoms. The van der Waals surface area contributed by atoms with Gasteiger partial charge in [-0.3, -0.25) is 0 Å². The lowest BCUT2D eigenvalue weighted by atomic mass is 10.2. The maximum atomic E-state index is 10.6. The highest BCUT2D eigenvalue weighted by molar-refractivity contribution is 7.98. The van der Waals surface area contributed by atoms with Gasteiger partial charge in [0.15, 0.2) is 0 Å². The minimum atomic E-state index is -0.922. The van der Waals surface area contributed by atoms with Gasteiger partial charge < -0.3 is 9.52 Å². The summed E-state index contributed by atoms with van der Waals surface area (Å²) in [6, 6.07) is 1.60. The molecule has 0 atom stereocenters. The van der Waals surface area contributed by atoms with E-state index >= 15 is 0 Å². The van der Waals surface area contributed by atoms with Gasteiger partial charge in [-0.25, -0.2) is 4.79 Å². The summed E-state index contributed by atoms with van der Waals surface area (Å²) in [7, 11) is 0. The smallest absolute Gasteiger partial charge is 0.339 e. The average molecular weight is 200 g/mol. The number of carbonyl (C=O) groups is 1. The fraction of sp³-hybridized carbons (Fsp3) is 0.444. The van der Waals surface area contributed by atoms with E-state index in [0.717, 1.165) is 17.3 Å². The molecule has 0 bridgehead atoms. The number of carboxylic acids is 1. The minimum absolute atomic E-state index is 0.270. The summed E-state index contributed by atoms with van der Waals surface area (Å²) in [6.07, 6.45) is 0. The molecule has 1 rings (SSSR count). The molecule has 4 heteroatoms. The van der Waals surface area contributed by atoms with E-state index in [1.165, 1.54) is 0 Å². The zero-order valence-electron chi connectivity index (χ0n) is 7.66. The van der Waals surface area contributed by atoms with Crippen LogP contribution >= 0.6 is 11.8 Å². The summed E-state index contributed by atoms with van der Waals surface area (Å²) < 4.78 is 5.28. The fourth-order valence-electron chi connectivity index (χ4n) is 1.03. The summed E-state index contributed by atoms with van der Waals surface area (Å²) in [5.74, 6) is 2.04. The van der Waals surface area contributed by atoms with Gasteiger partial charge in [-0.1, -0.05) is 6.92 Å². The highest BCUT2D eigenvalue weighted by Crippen LogP contribution is 2.19. The molecule has 1 aromatic heterocycles. The lowest BCUT2D eigenvalue weighted by Crippen LogP contribution is -1.94. The van der Waals surface area contributed by atoms with Crippen LogP contribution in [0.3, 0.4) is 0 Å². The molecular weight excluding hydrogens is 188 g/mol. The van der Waals surface area contributed by atoms with Gasteiger partial charge in [0.25, 0.3) is 0 Å². The third-order valence-corrected chi connectivity index (χ3v) is 2.54. The minimum Gasteiger partial charge on any atom is -0.478 e. The third-order valence-electron chi connectivity index (χ3n) is 1.65. The maximum absolute atomic E-state index is 10.6. The Morgan fingerprint density at radius 3 is 2.85 bits per heavy atom. The van der Waals surface area contributed by atoms with Crippen LogP contribution in [0.2, 0.25) is 0 Å². The predicted octanol–water partition coefficient (Wildman–Crippen LogP) is 2.54. The first-order valence-electron chi connectivity index (χ1n) is 4.05. The van der Waals surface area contributed by atoms with Gasteiger partial charge in [0, 0.05) is 0 Å². The van der Waals surface area contributed by atoms with Gasteiger partial charge in [0.05, 0.1) is 5.75 Å².